The number of nitrogens with two attached hydrogens (primary N) is 1. The monoisotopic (exact) mass is 298 g/mol. The van der Waals surface area contributed by atoms with E-state index in [0.717, 1.165) is 31.5 Å². The Morgan fingerprint density at radius 3 is 2.95 bits per heavy atom. The lowest BCUT2D eigenvalue weighted by molar-refractivity contribution is 0.0665. The van der Waals surface area contributed by atoms with Gasteiger partial charge in [0.15, 0.2) is 5.69 Å². The number of carbonyl (C=O) groups excluding carboxylic acids is 1. The molecule has 7 nitrogen and oxygen atoms in total. The summed E-state index contributed by atoms with van der Waals surface area (Å²) >= 11 is 0. The van der Waals surface area contributed by atoms with E-state index in [4.69, 9.17) is 5.73 Å². The van der Waals surface area contributed by atoms with Crippen molar-refractivity contribution in [2.24, 2.45) is 5.92 Å². The number of hydrogen-bond donors (Lipinski definition) is 1. The second kappa shape index (κ2) is 6.46. The van der Waals surface area contributed by atoms with Gasteiger partial charge in [-0.05, 0) is 37.3 Å². The quantitative estimate of drug-likeness (QED) is 0.905. The maximum atomic E-state index is 12.4. The van der Waals surface area contributed by atoms with Crippen LogP contribution in [0.25, 0.3) is 0 Å². The Balaban J connectivity index is 1.67. The zero-order valence-electron chi connectivity index (χ0n) is 12.2. The highest BCUT2D eigenvalue weighted by atomic mass is 16.2. The Kier molecular flexibility index (Phi) is 4.22. The normalized spacial score (nSPS) is 18.2. The largest absolute Gasteiger partial charge is 0.382 e. The molecule has 1 atom stereocenters. The molecule has 0 saturated carbocycles. The second-order valence-electron chi connectivity index (χ2n) is 5.46. The summed E-state index contributed by atoms with van der Waals surface area (Å²) in [7, 11) is 0. The predicted molar refractivity (Wildman–Crippen MR) is 80.8 cm³/mol. The number of rotatable bonds is 3. The molecule has 7 heteroatoms. The molecule has 3 heterocycles. The first-order chi connectivity index (χ1) is 10.7. The van der Waals surface area contributed by atoms with Crippen LogP contribution in [0.15, 0.2) is 30.7 Å². The van der Waals surface area contributed by atoms with Crippen LogP contribution in [0.2, 0.25) is 0 Å². The van der Waals surface area contributed by atoms with Crippen LogP contribution < -0.4 is 5.73 Å². The minimum Gasteiger partial charge on any atom is -0.382 e. The first kappa shape index (κ1) is 14.4. The van der Waals surface area contributed by atoms with E-state index in [1.165, 1.54) is 0 Å². The molecule has 0 bridgehead atoms. The molecule has 2 N–H and O–H groups in total. The summed E-state index contributed by atoms with van der Waals surface area (Å²) in [4.78, 5) is 22.6. The highest BCUT2D eigenvalue weighted by Gasteiger charge is 2.26. The molecule has 1 fully saturated rings. The van der Waals surface area contributed by atoms with Crippen molar-refractivity contribution in [3.63, 3.8) is 0 Å². The van der Waals surface area contributed by atoms with Crippen molar-refractivity contribution in [3.8, 4) is 0 Å². The number of nitrogen functional groups attached to an aromatic ring is 1. The summed E-state index contributed by atoms with van der Waals surface area (Å²) in [5.74, 6) is 0.748. The van der Waals surface area contributed by atoms with Crippen LogP contribution in [0.5, 0.6) is 0 Å². The van der Waals surface area contributed by atoms with Crippen LogP contribution >= 0.6 is 0 Å². The van der Waals surface area contributed by atoms with Crippen LogP contribution in [0.3, 0.4) is 0 Å². The van der Waals surface area contributed by atoms with Gasteiger partial charge in [-0.25, -0.2) is 4.98 Å². The molecule has 114 valence electrons. The third kappa shape index (κ3) is 3.19. The number of aromatic nitrogens is 4. The van der Waals surface area contributed by atoms with E-state index in [2.05, 4.69) is 20.2 Å². The number of anilines is 1. The molecule has 1 aliphatic rings. The summed E-state index contributed by atoms with van der Waals surface area (Å²) in [6.45, 7) is 1.44. The number of carbonyl (C=O) groups is 1. The van der Waals surface area contributed by atoms with Gasteiger partial charge in [-0.1, -0.05) is 0 Å². The zero-order chi connectivity index (χ0) is 15.4. The van der Waals surface area contributed by atoms with Crippen molar-refractivity contribution in [2.45, 2.75) is 19.3 Å². The molecule has 22 heavy (non-hydrogen) atoms. The van der Waals surface area contributed by atoms with Crippen molar-refractivity contribution >= 4 is 11.7 Å². The molecule has 0 spiro atoms. The topological polar surface area (TPSA) is 97.9 Å². The molecule has 2 aromatic rings. The van der Waals surface area contributed by atoms with Gasteiger partial charge in [-0.3, -0.25) is 9.78 Å². The van der Waals surface area contributed by atoms with Crippen molar-refractivity contribution in [1.82, 2.24) is 25.1 Å². The van der Waals surface area contributed by atoms with Gasteiger partial charge in [0, 0.05) is 31.7 Å². The van der Waals surface area contributed by atoms with Crippen molar-refractivity contribution in [2.75, 3.05) is 18.8 Å². The maximum absolute atomic E-state index is 12.4. The van der Waals surface area contributed by atoms with Gasteiger partial charge < -0.3 is 10.6 Å². The number of amides is 1. The Morgan fingerprint density at radius 2 is 2.18 bits per heavy atom. The molecule has 0 unspecified atom stereocenters. The number of likely N-dealkylation sites (tertiary alicyclic amines) is 1. The van der Waals surface area contributed by atoms with Crippen molar-refractivity contribution in [1.29, 1.82) is 0 Å². The van der Waals surface area contributed by atoms with Gasteiger partial charge >= 0.3 is 0 Å². The SMILES string of the molecule is Nc1nccnc1C[C@H]1CCCN(C(=O)c2cccnn2)C1. The first-order valence-corrected chi connectivity index (χ1v) is 7.36. The maximum Gasteiger partial charge on any atom is 0.274 e. The number of nitrogens with zero attached hydrogens (tertiary/aromatic N) is 5. The molecule has 1 aliphatic heterocycles. The van der Waals surface area contributed by atoms with Crippen LogP contribution in [0, 0.1) is 5.92 Å². The summed E-state index contributed by atoms with van der Waals surface area (Å²) in [6.07, 6.45) is 7.56. The van der Waals surface area contributed by atoms with E-state index in [0.29, 0.717) is 24.0 Å². The van der Waals surface area contributed by atoms with Crippen LogP contribution in [-0.4, -0.2) is 44.1 Å². The lowest BCUT2D eigenvalue weighted by atomic mass is 9.93. The molecular formula is C15H18N6O. The Bertz CT molecular complexity index is 647. The van der Waals surface area contributed by atoms with Crippen molar-refractivity contribution < 1.29 is 4.79 Å². The lowest BCUT2D eigenvalue weighted by Crippen LogP contribution is -2.41. The van der Waals surface area contributed by atoms with E-state index in [1.54, 1.807) is 30.7 Å². The molecular weight excluding hydrogens is 280 g/mol. The molecule has 0 aromatic carbocycles. The van der Waals surface area contributed by atoms with Gasteiger partial charge in [-0.15, -0.1) is 5.10 Å². The number of hydrogen-bond acceptors (Lipinski definition) is 6. The van der Waals surface area contributed by atoms with Gasteiger partial charge in [0.05, 0.1) is 5.69 Å². The van der Waals surface area contributed by atoms with E-state index >= 15 is 0 Å². The highest BCUT2D eigenvalue weighted by molar-refractivity contribution is 5.92. The zero-order valence-corrected chi connectivity index (χ0v) is 12.2. The third-order valence-corrected chi connectivity index (χ3v) is 3.89. The fraction of sp³-hybridized carbons (Fsp3) is 0.400. The van der Waals surface area contributed by atoms with Gasteiger partial charge in [0.1, 0.15) is 5.82 Å². The van der Waals surface area contributed by atoms with E-state index in [-0.39, 0.29) is 5.91 Å². The Labute approximate surface area is 128 Å². The standard InChI is InChI=1S/C15H18N6O/c16-14-13(17-6-7-18-14)9-11-3-2-8-21(10-11)15(22)12-4-1-5-19-20-12/h1,4-7,11H,2-3,8-10H2,(H2,16,18)/t11-/m1/s1. The fourth-order valence-electron chi connectivity index (χ4n) is 2.80. The highest BCUT2D eigenvalue weighted by Crippen LogP contribution is 2.22. The molecule has 1 saturated heterocycles. The summed E-state index contributed by atoms with van der Waals surface area (Å²) < 4.78 is 0. The van der Waals surface area contributed by atoms with Crippen LogP contribution in [0.1, 0.15) is 29.0 Å². The smallest absolute Gasteiger partial charge is 0.274 e. The Morgan fingerprint density at radius 1 is 1.32 bits per heavy atom. The van der Waals surface area contributed by atoms with Crippen molar-refractivity contribution in [3.05, 3.63) is 42.1 Å². The van der Waals surface area contributed by atoms with E-state index in [9.17, 15) is 4.79 Å². The molecule has 2 aromatic heterocycles. The fourth-order valence-corrected chi connectivity index (χ4v) is 2.80. The lowest BCUT2D eigenvalue weighted by Gasteiger charge is -2.32. The summed E-state index contributed by atoms with van der Waals surface area (Å²) in [6, 6.07) is 3.42. The molecule has 0 radical (unpaired) electrons. The Hall–Kier alpha value is -2.57. The second-order valence-corrected chi connectivity index (χ2v) is 5.46. The average Bonchev–Trinajstić information content (AvgIpc) is 2.57. The molecule has 0 aliphatic carbocycles. The molecule has 1 amide bonds. The third-order valence-electron chi connectivity index (χ3n) is 3.89. The summed E-state index contributed by atoms with van der Waals surface area (Å²) in [5, 5.41) is 7.66. The van der Waals surface area contributed by atoms with Crippen LogP contribution in [-0.2, 0) is 6.42 Å². The first-order valence-electron chi connectivity index (χ1n) is 7.36. The average molecular weight is 298 g/mol. The molecule has 3 rings (SSSR count). The summed E-state index contributed by atoms with van der Waals surface area (Å²) in [5.41, 5.74) is 7.05. The van der Waals surface area contributed by atoms with Gasteiger partial charge in [0.25, 0.3) is 5.91 Å². The predicted octanol–water partition coefficient (Wildman–Crippen LogP) is 0.944. The van der Waals surface area contributed by atoms with E-state index < -0.39 is 0 Å². The van der Waals surface area contributed by atoms with Crippen LogP contribution in [0.4, 0.5) is 5.82 Å². The number of piperidine rings is 1. The minimum absolute atomic E-state index is 0.0649. The van der Waals surface area contributed by atoms with Gasteiger partial charge in [0.2, 0.25) is 0 Å². The minimum atomic E-state index is -0.0649. The van der Waals surface area contributed by atoms with Gasteiger partial charge in [-0.2, -0.15) is 5.10 Å². The van der Waals surface area contributed by atoms with E-state index in [1.807, 2.05) is 4.90 Å².